The summed E-state index contributed by atoms with van der Waals surface area (Å²) >= 11 is 0. The molecule has 0 saturated carbocycles. The van der Waals surface area contributed by atoms with Crippen LogP contribution in [0.15, 0.2) is 10.6 Å². The van der Waals surface area contributed by atoms with Crippen molar-refractivity contribution in [2.24, 2.45) is 0 Å². The first-order valence-corrected chi connectivity index (χ1v) is 5.92. The van der Waals surface area contributed by atoms with Gasteiger partial charge in [-0.15, -0.1) is 0 Å². The van der Waals surface area contributed by atoms with Gasteiger partial charge in [-0.05, 0) is 12.8 Å². The molecule has 3 heteroatoms. The summed E-state index contributed by atoms with van der Waals surface area (Å²) in [5.74, 6) is 0.793. The normalized spacial score (nSPS) is 10.8. The van der Waals surface area contributed by atoms with Gasteiger partial charge in [-0.3, -0.25) is 0 Å². The van der Waals surface area contributed by atoms with Crippen LogP contribution in [0.1, 0.15) is 50.5 Å². The highest BCUT2D eigenvalue weighted by Gasteiger charge is 2.02. The molecule has 1 aromatic heterocycles. The van der Waals surface area contributed by atoms with Crippen molar-refractivity contribution in [2.75, 3.05) is 6.61 Å². The van der Waals surface area contributed by atoms with Gasteiger partial charge in [-0.25, -0.2) is 0 Å². The number of hydrogen-bond acceptors (Lipinski definition) is 3. The molecule has 0 aliphatic rings. The number of hydrogen-bond donors (Lipinski definition) is 1. The van der Waals surface area contributed by atoms with E-state index in [0.29, 0.717) is 6.42 Å². The summed E-state index contributed by atoms with van der Waals surface area (Å²) in [7, 11) is 0. The molecular formula is C12H21NO2. The third-order valence-corrected chi connectivity index (χ3v) is 2.50. The van der Waals surface area contributed by atoms with Gasteiger partial charge in [0.25, 0.3) is 0 Å². The summed E-state index contributed by atoms with van der Waals surface area (Å²) in [4.78, 5) is 0. The molecule has 86 valence electrons. The summed E-state index contributed by atoms with van der Waals surface area (Å²) in [5, 5.41) is 12.7. The Bertz CT molecular complexity index is 258. The predicted octanol–water partition coefficient (Wildman–Crippen LogP) is 2.72. The van der Waals surface area contributed by atoms with Crippen LogP contribution in [0.5, 0.6) is 0 Å². The van der Waals surface area contributed by atoms with Crippen LogP contribution in [0.3, 0.4) is 0 Å². The molecule has 0 spiro atoms. The van der Waals surface area contributed by atoms with E-state index in [2.05, 4.69) is 12.1 Å². The highest BCUT2D eigenvalue weighted by Crippen LogP contribution is 2.10. The van der Waals surface area contributed by atoms with Crippen LogP contribution in [-0.2, 0) is 12.8 Å². The van der Waals surface area contributed by atoms with Crippen LogP contribution >= 0.6 is 0 Å². The maximum atomic E-state index is 8.71. The Balaban J connectivity index is 2.14. The van der Waals surface area contributed by atoms with Gasteiger partial charge in [0.1, 0.15) is 5.76 Å². The van der Waals surface area contributed by atoms with Crippen LogP contribution in [0, 0.1) is 0 Å². The van der Waals surface area contributed by atoms with E-state index in [1.807, 2.05) is 6.07 Å². The molecule has 15 heavy (non-hydrogen) atoms. The number of nitrogens with zero attached hydrogens (tertiary/aromatic N) is 1. The predicted molar refractivity (Wildman–Crippen MR) is 59.8 cm³/mol. The molecule has 3 nitrogen and oxygen atoms in total. The maximum absolute atomic E-state index is 8.71. The van der Waals surface area contributed by atoms with E-state index >= 15 is 0 Å². The van der Waals surface area contributed by atoms with Gasteiger partial charge in [0.05, 0.1) is 12.3 Å². The third-order valence-electron chi connectivity index (χ3n) is 2.50. The summed E-state index contributed by atoms with van der Waals surface area (Å²) in [5.41, 5.74) is 1.02. The Hall–Kier alpha value is -0.830. The quantitative estimate of drug-likeness (QED) is 0.672. The standard InChI is InChI=1S/C12H21NO2/c1-2-3-4-5-6-7-11-10-12(8-9-14)15-13-11/h10,14H,2-9H2,1H3. The average molecular weight is 211 g/mol. The fraction of sp³-hybridized carbons (Fsp3) is 0.750. The minimum atomic E-state index is 0.130. The van der Waals surface area contributed by atoms with Crippen molar-refractivity contribution >= 4 is 0 Å². The largest absolute Gasteiger partial charge is 0.396 e. The molecule has 0 amide bonds. The van der Waals surface area contributed by atoms with Crippen molar-refractivity contribution in [3.05, 3.63) is 17.5 Å². The van der Waals surface area contributed by atoms with E-state index in [1.54, 1.807) is 0 Å². The van der Waals surface area contributed by atoms with Gasteiger partial charge >= 0.3 is 0 Å². The lowest BCUT2D eigenvalue weighted by molar-refractivity contribution is 0.276. The molecule has 0 aliphatic heterocycles. The number of aliphatic hydroxyl groups is 1. The third kappa shape index (κ3) is 4.98. The van der Waals surface area contributed by atoms with Crippen LogP contribution in [0.25, 0.3) is 0 Å². The monoisotopic (exact) mass is 211 g/mol. The van der Waals surface area contributed by atoms with Crippen molar-refractivity contribution in [3.63, 3.8) is 0 Å². The SMILES string of the molecule is CCCCCCCc1cc(CCO)on1. The highest BCUT2D eigenvalue weighted by atomic mass is 16.5. The maximum Gasteiger partial charge on any atom is 0.139 e. The molecule has 0 aromatic carbocycles. The number of rotatable bonds is 8. The second-order valence-corrected chi connectivity index (χ2v) is 3.92. The van der Waals surface area contributed by atoms with E-state index in [0.717, 1.165) is 17.9 Å². The first-order valence-electron chi connectivity index (χ1n) is 5.92. The van der Waals surface area contributed by atoms with E-state index in [4.69, 9.17) is 9.63 Å². The lowest BCUT2D eigenvalue weighted by atomic mass is 10.1. The number of aromatic nitrogens is 1. The van der Waals surface area contributed by atoms with Crippen molar-refractivity contribution in [2.45, 2.75) is 51.9 Å². The van der Waals surface area contributed by atoms with E-state index in [9.17, 15) is 0 Å². The van der Waals surface area contributed by atoms with Crippen LogP contribution < -0.4 is 0 Å². The number of aryl methyl sites for hydroxylation is 1. The van der Waals surface area contributed by atoms with Gasteiger partial charge in [0, 0.05) is 12.5 Å². The molecule has 0 fully saturated rings. The molecule has 0 saturated heterocycles. The Morgan fingerprint density at radius 2 is 2.00 bits per heavy atom. The fourth-order valence-corrected chi connectivity index (χ4v) is 1.61. The lowest BCUT2D eigenvalue weighted by Gasteiger charge is -1.96. The Morgan fingerprint density at radius 1 is 1.20 bits per heavy atom. The van der Waals surface area contributed by atoms with E-state index < -0.39 is 0 Å². The summed E-state index contributed by atoms with van der Waals surface area (Å²) in [6.45, 7) is 2.35. The van der Waals surface area contributed by atoms with Gasteiger partial charge in [-0.2, -0.15) is 0 Å². The second-order valence-electron chi connectivity index (χ2n) is 3.92. The second kappa shape index (κ2) is 7.46. The molecule has 1 N–H and O–H groups in total. The van der Waals surface area contributed by atoms with E-state index in [1.165, 1.54) is 32.1 Å². The van der Waals surface area contributed by atoms with Gasteiger partial charge < -0.3 is 9.63 Å². The smallest absolute Gasteiger partial charge is 0.139 e. The van der Waals surface area contributed by atoms with Gasteiger partial charge in [-0.1, -0.05) is 37.8 Å². The Morgan fingerprint density at radius 3 is 2.73 bits per heavy atom. The average Bonchev–Trinajstić information content (AvgIpc) is 2.66. The lowest BCUT2D eigenvalue weighted by Crippen LogP contribution is -1.87. The molecule has 0 aliphatic carbocycles. The molecule has 1 aromatic rings. The molecule has 0 radical (unpaired) electrons. The summed E-state index contributed by atoms with van der Waals surface area (Å²) < 4.78 is 5.07. The first-order chi connectivity index (χ1) is 7.36. The van der Waals surface area contributed by atoms with Gasteiger partial charge in [0.2, 0.25) is 0 Å². The van der Waals surface area contributed by atoms with Crippen molar-refractivity contribution < 1.29 is 9.63 Å². The molecule has 0 unspecified atom stereocenters. The minimum absolute atomic E-state index is 0.130. The number of aliphatic hydroxyl groups excluding tert-OH is 1. The zero-order valence-corrected chi connectivity index (χ0v) is 9.54. The van der Waals surface area contributed by atoms with Crippen LogP contribution in [0.4, 0.5) is 0 Å². The minimum Gasteiger partial charge on any atom is -0.396 e. The topological polar surface area (TPSA) is 46.3 Å². The Kier molecular flexibility index (Phi) is 6.09. The van der Waals surface area contributed by atoms with Crippen LogP contribution in [-0.4, -0.2) is 16.9 Å². The molecule has 0 bridgehead atoms. The highest BCUT2D eigenvalue weighted by molar-refractivity contribution is 5.05. The molecule has 1 rings (SSSR count). The van der Waals surface area contributed by atoms with Crippen molar-refractivity contribution in [1.82, 2.24) is 5.16 Å². The number of unbranched alkanes of at least 4 members (excludes halogenated alkanes) is 4. The van der Waals surface area contributed by atoms with Crippen molar-refractivity contribution in [1.29, 1.82) is 0 Å². The molecular weight excluding hydrogens is 190 g/mol. The Labute approximate surface area is 91.5 Å². The van der Waals surface area contributed by atoms with E-state index in [-0.39, 0.29) is 6.61 Å². The summed E-state index contributed by atoms with van der Waals surface area (Å²) in [6, 6.07) is 1.95. The molecule has 0 atom stereocenters. The zero-order chi connectivity index (χ0) is 10.9. The van der Waals surface area contributed by atoms with Gasteiger partial charge in [0.15, 0.2) is 0 Å². The summed E-state index contributed by atoms with van der Waals surface area (Å²) in [6.07, 6.45) is 7.96. The fourth-order valence-electron chi connectivity index (χ4n) is 1.61. The molecule has 1 heterocycles. The van der Waals surface area contributed by atoms with Crippen LogP contribution in [0.2, 0.25) is 0 Å². The first kappa shape index (κ1) is 12.2. The van der Waals surface area contributed by atoms with Crippen molar-refractivity contribution in [3.8, 4) is 0 Å². The zero-order valence-electron chi connectivity index (χ0n) is 9.54.